The molecule has 2 N–H and O–H groups in total. The highest BCUT2D eigenvalue weighted by Gasteiger charge is 2.09. The molecule has 0 spiro atoms. The number of halogens is 1. The minimum atomic E-state index is 0.605. The minimum absolute atomic E-state index is 0.605. The van der Waals surface area contributed by atoms with Crippen LogP contribution in [0.25, 0.3) is 0 Å². The molecule has 0 amide bonds. The molecule has 18 heavy (non-hydrogen) atoms. The molecule has 0 aliphatic carbocycles. The highest BCUT2D eigenvalue weighted by molar-refractivity contribution is 9.11. The number of anilines is 1. The van der Waals surface area contributed by atoms with Crippen molar-refractivity contribution in [1.29, 1.82) is 0 Å². The summed E-state index contributed by atoms with van der Waals surface area (Å²) in [5.74, 6) is 0.930. The Morgan fingerprint density at radius 3 is 2.78 bits per heavy atom. The van der Waals surface area contributed by atoms with Gasteiger partial charge in [0, 0.05) is 0 Å². The molecule has 1 aromatic carbocycles. The number of nitrogens with two attached hydrogens (primary N) is 1. The van der Waals surface area contributed by atoms with E-state index < -0.39 is 0 Å². The SMILES string of the molecule is COc1ccc(C)cc1CCc1nc(N)sc1Br. The summed E-state index contributed by atoms with van der Waals surface area (Å²) in [6, 6.07) is 6.22. The maximum Gasteiger partial charge on any atom is 0.181 e. The molecular formula is C13H15BrN2OS. The monoisotopic (exact) mass is 326 g/mol. The van der Waals surface area contributed by atoms with Gasteiger partial charge in [0.25, 0.3) is 0 Å². The van der Waals surface area contributed by atoms with Gasteiger partial charge in [-0.2, -0.15) is 0 Å². The van der Waals surface area contributed by atoms with Crippen molar-refractivity contribution in [3.05, 3.63) is 38.8 Å². The first-order chi connectivity index (χ1) is 8.60. The Bertz CT molecular complexity index is 554. The molecular weight excluding hydrogens is 312 g/mol. The summed E-state index contributed by atoms with van der Waals surface area (Å²) in [5, 5.41) is 0.605. The number of aromatic nitrogens is 1. The van der Waals surface area contributed by atoms with E-state index in [1.54, 1.807) is 7.11 Å². The molecule has 0 atom stereocenters. The lowest BCUT2D eigenvalue weighted by Crippen LogP contribution is -1.97. The molecule has 0 radical (unpaired) electrons. The van der Waals surface area contributed by atoms with Crippen molar-refractivity contribution >= 4 is 32.4 Å². The van der Waals surface area contributed by atoms with Crippen molar-refractivity contribution in [3.8, 4) is 5.75 Å². The number of nitrogen functional groups attached to an aromatic ring is 1. The number of rotatable bonds is 4. The van der Waals surface area contributed by atoms with Crippen LogP contribution in [-0.4, -0.2) is 12.1 Å². The predicted molar refractivity (Wildman–Crippen MR) is 79.4 cm³/mol. The second kappa shape index (κ2) is 5.71. The highest BCUT2D eigenvalue weighted by atomic mass is 79.9. The minimum Gasteiger partial charge on any atom is -0.496 e. The van der Waals surface area contributed by atoms with E-state index in [2.05, 4.69) is 40.0 Å². The van der Waals surface area contributed by atoms with Gasteiger partial charge in [0.15, 0.2) is 5.13 Å². The van der Waals surface area contributed by atoms with Crippen LogP contribution in [0, 0.1) is 6.92 Å². The zero-order valence-corrected chi connectivity index (χ0v) is 12.8. The summed E-state index contributed by atoms with van der Waals surface area (Å²) in [6.45, 7) is 2.08. The molecule has 0 aliphatic rings. The maximum atomic E-state index is 5.68. The third-order valence-corrected chi connectivity index (χ3v) is 4.39. The number of ether oxygens (including phenoxy) is 1. The molecule has 1 aromatic heterocycles. The van der Waals surface area contributed by atoms with Crippen molar-refractivity contribution in [3.63, 3.8) is 0 Å². The Hall–Kier alpha value is -1.07. The van der Waals surface area contributed by atoms with Crippen LogP contribution in [0.5, 0.6) is 5.75 Å². The zero-order chi connectivity index (χ0) is 13.1. The Balaban J connectivity index is 2.14. The van der Waals surface area contributed by atoms with Gasteiger partial charge in [-0.25, -0.2) is 4.98 Å². The lowest BCUT2D eigenvalue weighted by Gasteiger charge is -2.08. The molecule has 5 heteroatoms. The summed E-state index contributed by atoms with van der Waals surface area (Å²) in [5.41, 5.74) is 9.14. The van der Waals surface area contributed by atoms with Crippen LogP contribution >= 0.6 is 27.3 Å². The fourth-order valence-corrected chi connectivity index (χ4v) is 3.25. The van der Waals surface area contributed by atoms with E-state index in [9.17, 15) is 0 Å². The third-order valence-electron chi connectivity index (χ3n) is 2.73. The second-order valence-electron chi connectivity index (χ2n) is 4.09. The fourth-order valence-electron chi connectivity index (χ4n) is 1.86. The lowest BCUT2D eigenvalue weighted by molar-refractivity contribution is 0.409. The van der Waals surface area contributed by atoms with E-state index in [0.717, 1.165) is 28.1 Å². The number of methoxy groups -OCH3 is 1. The van der Waals surface area contributed by atoms with Crippen LogP contribution in [0.4, 0.5) is 5.13 Å². The maximum absolute atomic E-state index is 5.68. The van der Waals surface area contributed by atoms with E-state index in [1.807, 2.05) is 6.07 Å². The van der Waals surface area contributed by atoms with Crippen LogP contribution in [0.2, 0.25) is 0 Å². The van der Waals surface area contributed by atoms with E-state index in [1.165, 1.54) is 22.5 Å². The Kier molecular flexibility index (Phi) is 4.24. The average Bonchev–Trinajstić information content (AvgIpc) is 2.65. The van der Waals surface area contributed by atoms with Gasteiger partial charge in [-0.05, 0) is 47.3 Å². The number of aryl methyl sites for hydroxylation is 3. The standard InChI is InChI=1S/C13H15BrN2OS/c1-8-3-6-11(17-2)9(7-8)4-5-10-12(14)18-13(15)16-10/h3,6-7H,4-5H2,1-2H3,(H2,15,16). The number of hydrogen-bond acceptors (Lipinski definition) is 4. The van der Waals surface area contributed by atoms with E-state index in [-0.39, 0.29) is 0 Å². The van der Waals surface area contributed by atoms with Crippen LogP contribution in [-0.2, 0) is 12.8 Å². The lowest BCUT2D eigenvalue weighted by atomic mass is 10.0. The molecule has 3 nitrogen and oxygen atoms in total. The van der Waals surface area contributed by atoms with Gasteiger partial charge in [-0.15, -0.1) is 0 Å². The molecule has 2 rings (SSSR count). The Labute approximate surface area is 119 Å². The first kappa shape index (κ1) is 13.4. The second-order valence-corrected chi connectivity index (χ2v) is 6.44. The van der Waals surface area contributed by atoms with Gasteiger partial charge in [0.05, 0.1) is 16.6 Å². The number of benzene rings is 1. The largest absolute Gasteiger partial charge is 0.496 e. The molecule has 0 bridgehead atoms. The normalized spacial score (nSPS) is 10.6. The van der Waals surface area contributed by atoms with Gasteiger partial charge in [0.2, 0.25) is 0 Å². The predicted octanol–water partition coefficient (Wildman–Crippen LogP) is 3.59. The molecule has 1 heterocycles. The van der Waals surface area contributed by atoms with Gasteiger partial charge < -0.3 is 10.5 Å². The van der Waals surface area contributed by atoms with Crippen molar-refractivity contribution in [2.45, 2.75) is 19.8 Å². The van der Waals surface area contributed by atoms with Crippen LogP contribution < -0.4 is 10.5 Å². The average molecular weight is 327 g/mol. The van der Waals surface area contributed by atoms with Crippen LogP contribution in [0.3, 0.4) is 0 Å². The first-order valence-electron chi connectivity index (χ1n) is 5.64. The summed E-state index contributed by atoms with van der Waals surface area (Å²) >= 11 is 4.96. The molecule has 0 saturated heterocycles. The van der Waals surface area contributed by atoms with E-state index >= 15 is 0 Å². The third kappa shape index (κ3) is 3.03. The first-order valence-corrected chi connectivity index (χ1v) is 7.25. The van der Waals surface area contributed by atoms with Gasteiger partial charge in [0.1, 0.15) is 5.75 Å². The van der Waals surface area contributed by atoms with Crippen LogP contribution in [0.15, 0.2) is 22.0 Å². The molecule has 2 aromatic rings. The number of thiazole rings is 1. The quantitative estimate of drug-likeness (QED) is 0.933. The van der Waals surface area contributed by atoms with Crippen molar-refractivity contribution < 1.29 is 4.74 Å². The topological polar surface area (TPSA) is 48.1 Å². The number of nitrogens with zero attached hydrogens (tertiary/aromatic N) is 1. The smallest absolute Gasteiger partial charge is 0.181 e. The van der Waals surface area contributed by atoms with Crippen molar-refractivity contribution in [1.82, 2.24) is 4.98 Å². The highest BCUT2D eigenvalue weighted by Crippen LogP contribution is 2.28. The van der Waals surface area contributed by atoms with Crippen molar-refractivity contribution in [2.75, 3.05) is 12.8 Å². The van der Waals surface area contributed by atoms with Crippen molar-refractivity contribution in [2.24, 2.45) is 0 Å². The molecule has 0 saturated carbocycles. The number of hydrogen-bond donors (Lipinski definition) is 1. The van der Waals surface area contributed by atoms with Gasteiger partial charge in [-0.3, -0.25) is 0 Å². The van der Waals surface area contributed by atoms with Gasteiger partial charge >= 0.3 is 0 Å². The molecule has 0 aliphatic heterocycles. The van der Waals surface area contributed by atoms with E-state index in [4.69, 9.17) is 10.5 Å². The molecule has 0 unspecified atom stereocenters. The zero-order valence-electron chi connectivity index (χ0n) is 10.4. The summed E-state index contributed by atoms with van der Waals surface area (Å²) < 4.78 is 6.39. The fraction of sp³-hybridized carbons (Fsp3) is 0.308. The molecule has 0 fully saturated rings. The Morgan fingerprint density at radius 2 is 2.17 bits per heavy atom. The summed E-state index contributed by atoms with van der Waals surface area (Å²) in [6.07, 6.45) is 1.75. The molecule has 96 valence electrons. The Morgan fingerprint density at radius 1 is 1.39 bits per heavy atom. The van der Waals surface area contributed by atoms with E-state index in [0.29, 0.717) is 5.13 Å². The van der Waals surface area contributed by atoms with Crippen LogP contribution in [0.1, 0.15) is 16.8 Å². The van der Waals surface area contributed by atoms with Gasteiger partial charge in [-0.1, -0.05) is 29.0 Å². The summed E-state index contributed by atoms with van der Waals surface area (Å²) in [7, 11) is 1.70. The summed E-state index contributed by atoms with van der Waals surface area (Å²) in [4.78, 5) is 4.31.